The number of anilines is 3. The van der Waals surface area contributed by atoms with E-state index in [0.29, 0.717) is 11.6 Å². The molecule has 1 unspecified atom stereocenters. The van der Waals surface area contributed by atoms with E-state index >= 15 is 0 Å². The predicted molar refractivity (Wildman–Crippen MR) is 87.5 cm³/mol. The zero-order chi connectivity index (χ0) is 16.5. The number of nitrogens with zero attached hydrogens (tertiary/aromatic N) is 5. The largest absolute Gasteiger partial charge is 0.364 e. The molecule has 1 aliphatic rings. The van der Waals surface area contributed by atoms with Crippen LogP contribution < -0.4 is 16.0 Å². The second-order valence-electron chi connectivity index (χ2n) is 5.17. The summed E-state index contributed by atoms with van der Waals surface area (Å²) in [5.74, 6) is -0.241. The van der Waals surface area contributed by atoms with Crippen LogP contribution in [-0.4, -0.2) is 25.8 Å². The van der Waals surface area contributed by atoms with E-state index in [9.17, 15) is 4.79 Å². The number of carbonyl (C=O) groups excluding carboxylic acids is 1. The molecule has 1 aromatic carbocycles. The zero-order valence-corrected chi connectivity index (χ0v) is 12.5. The van der Waals surface area contributed by atoms with Gasteiger partial charge in [0.1, 0.15) is 11.4 Å². The molecule has 0 aliphatic carbocycles. The average molecular weight is 319 g/mol. The van der Waals surface area contributed by atoms with Gasteiger partial charge in [-0.1, -0.05) is 12.1 Å². The summed E-state index contributed by atoms with van der Waals surface area (Å²) in [7, 11) is 0. The van der Waals surface area contributed by atoms with Crippen molar-refractivity contribution in [1.82, 2.24) is 19.9 Å². The van der Waals surface area contributed by atoms with Crippen LogP contribution in [-0.2, 0) is 0 Å². The molecule has 3 aromatic rings. The first-order valence-electron chi connectivity index (χ1n) is 7.27. The monoisotopic (exact) mass is 319 g/mol. The van der Waals surface area contributed by atoms with E-state index in [1.807, 2.05) is 29.2 Å². The average Bonchev–Trinajstić information content (AvgIpc) is 3.02. The van der Waals surface area contributed by atoms with Crippen molar-refractivity contribution in [3.05, 3.63) is 66.5 Å². The Bertz CT molecular complexity index is 900. The third-order valence-electron chi connectivity index (χ3n) is 3.69. The van der Waals surface area contributed by atoms with Crippen molar-refractivity contribution in [1.29, 1.82) is 0 Å². The number of amides is 1. The molecule has 0 fully saturated rings. The summed E-state index contributed by atoms with van der Waals surface area (Å²) in [4.78, 5) is 30.4. The molecule has 8 nitrogen and oxygen atoms in total. The van der Waals surface area contributed by atoms with Crippen LogP contribution >= 0.6 is 0 Å². The molecule has 24 heavy (non-hydrogen) atoms. The number of hydrogen-bond donors (Lipinski definition) is 2. The van der Waals surface area contributed by atoms with Crippen molar-refractivity contribution in [3.63, 3.8) is 0 Å². The molecular formula is C16H13N7O. The minimum absolute atomic E-state index is 0.155. The summed E-state index contributed by atoms with van der Waals surface area (Å²) in [5.41, 5.74) is 8.00. The number of para-hydroxylation sites is 2. The second kappa shape index (κ2) is 5.58. The van der Waals surface area contributed by atoms with E-state index in [0.717, 1.165) is 11.4 Å². The Balaban J connectivity index is 1.85. The number of rotatable bonds is 3. The van der Waals surface area contributed by atoms with Gasteiger partial charge < -0.3 is 11.1 Å². The Hall–Kier alpha value is -3.55. The molecule has 0 saturated heterocycles. The molecule has 1 amide bonds. The summed E-state index contributed by atoms with van der Waals surface area (Å²) >= 11 is 0. The zero-order valence-electron chi connectivity index (χ0n) is 12.5. The Labute approximate surface area is 137 Å². The lowest BCUT2D eigenvalue weighted by Crippen LogP contribution is -2.27. The summed E-state index contributed by atoms with van der Waals surface area (Å²) in [6, 6.07) is 9.24. The summed E-state index contributed by atoms with van der Waals surface area (Å²) in [5, 5.41) is 3.38. The molecule has 4 rings (SSSR count). The number of nitrogens with one attached hydrogen (secondary N) is 1. The van der Waals surface area contributed by atoms with Gasteiger partial charge in [-0.3, -0.25) is 19.7 Å². The predicted octanol–water partition coefficient (Wildman–Crippen LogP) is 1.63. The van der Waals surface area contributed by atoms with Crippen LogP contribution in [0.3, 0.4) is 0 Å². The van der Waals surface area contributed by atoms with Gasteiger partial charge in [0, 0.05) is 18.6 Å². The quantitative estimate of drug-likeness (QED) is 0.755. The maximum Gasteiger partial charge on any atom is 0.267 e. The van der Waals surface area contributed by atoms with Gasteiger partial charge in [-0.25, -0.2) is 9.97 Å². The highest BCUT2D eigenvalue weighted by atomic mass is 16.1. The lowest BCUT2D eigenvalue weighted by Gasteiger charge is -2.24. The number of benzene rings is 1. The van der Waals surface area contributed by atoms with Crippen molar-refractivity contribution in [2.24, 2.45) is 5.73 Å². The third kappa shape index (κ3) is 2.30. The van der Waals surface area contributed by atoms with Crippen LogP contribution in [0.25, 0.3) is 0 Å². The molecule has 2 aromatic heterocycles. The van der Waals surface area contributed by atoms with Gasteiger partial charge in [-0.15, -0.1) is 0 Å². The number of carbonyl (C=O) groups is 1. The van der Waals surface area contributed by atoms with Crippen LogP contribution in [0.15, 0.2) is 55.1 Å². The Morgan fingerprint density at radius 1 is 1.12 bits per heavy atom. The fourth-order valence-electron chi connectivity index (χ4n) is 2.64. The first kappa shape index (κ1) is 14.1. The number of hydrogen-bond acceptors (Lipinski definition) is 7. The Morgan fingerprint density at radius 2 is 2.00 bits per heavy atom. The molecule has 1 aliphatic heterocycles. The van der Waals surface area contributed by atoms with Crippen molar-refractivity contribution in [2.75, 3.05) is 10.2 Å². The smallest absolute Gasteiger partial charge is 0.267 e. The molecule has 3 heterocycles. The molecule has 0 saturated carbocycles. The van der Waals surface area contributed by atoms with Gasteiger partial charge in [0.2, 0.25) is 5.95 Å². The van der Waals surface area contributed by atoms with Crippen molar-refractivity contribution >= 4 is 23.2 Å². The molecule has 0 bridgehead atoms. The fraction of sp³-hybridized carbons (Fsp3) is 0.0625. The molecule has 0 spiro atoms. The van der Waals surface area contributed by atoms with Crippen molar-refractivity contribution < 1.29 is 4.79 Å². The number of nitrogens with two attached hydrogens (primary N) is 1. The number of aromatic nitrogens is 4. The minimum Gasteiger partial charge on any atom is -0.364 e. The van der Waals surface area contributed by atoms with Crippen molar-refractivity contribution in [3.8, 4) is 0 Å². The number of fused-ring (bicyclic) bond motifs is 1. The maximum absolute atomic E-state index is 11.4. The lowest BCUT2D eigenvalue weighted by molar-refractivity contribution is 0.0995. The van der Waals surface area contributed by atoms with Crippen LogP contribution in [0, 0.1) is 0 Å². The minimum atomic E-state index is -0.602. The number of primary amides is 1. The first-order chi connectivity index (χ1) is 11.7. The summed E-state index contributed by atoms with van der Waals surface area (Å²) in [6.07, 6.45) is 6.09. The maximum atomic E-state index is 11.4. The molecule has 1 atom stereocenters. The van der Waals surface area contributed by atoms with E-state index < -0.39 is 5.91 Å². The highest BCUT2D eigenvalue weighted by molar-refractivity contribution is 5.91. The van der Waals surface area contributed by atoms with Gasteiger partial charge >= 0.3 is 0 Å². The standard InChI is InChI=1S/C16H13N7O/c17-14(24)11-5-6-20-16(22-11)23-13-4-2-1-3-10(13)21-15(23)12-9-18-7-8-19-12/h1-9,15,21H,(H2,17,24). The molecular weight excluding hydrogens is 306 g/mol. The van der Waals surface area contributed by atoms with E-state index in [1.165, 1.54) is 12.3 Å². The summed E-state index contributed by atoms with van der Waals surface area (Å²) in [6.45, 7) is 0. The highest BCUT2D eigenvalue weighted by Crippen LogP contribution is 2.43. The first-order valence-corrected chi connectivity index (χ1v) is 7.27. The van der Waals surface area contributed by atoms with Crippen LogP contribution in [0.2, 0.25) is 0 Å². The lowest BCUT2D eigenvalue weighted by atomic mass is 10.2. The normalized spacial score (nSPS) is 15.7. The fourth-order valence-corrected chi connectivity index (χ4v) is 2.64. The van der Waals surface area contributed by atoms with Crippen LogP contribution in [0.4, 0.5) is 17.3 Å². The Morgan fingerprint density at radius 3 is 2.79 bits per heavy atom. The summed E-state index contributed by atoms with van der Waals surface area (Å²) < 4.78 is 0. The van der Waals surface area contributed by atoms with Gasteiger partial charge in [0.15, 0.2) is 6.17 Å². The van der Waals surface area contributed by atoms with Gasteiger partial charge in [-0.2, -0.15) is 0 Å². The molecule has 118 valence electrons. The molecule has 3 N–H and O–H groups in total. The van der Waals surface area contributed by atoms with E-state index in [2.05, 4.69) is 25.3 Å². The van der Waals surface area contributed by atoms with Gasteiger partial charge in [0.25, 0.3) is 5.91 Å². The third-order valence-corrected chi connectivity index (χ3v) is 3.69. The SMILES string of the molecule is NC(=O)c1ccnc(N2c3ccccc3NC2c2cnccn2)n1. The van der Waals surface area contributed by atoms with Crippen LogP contribution in [0.5, 0.6) is 0 Å². The Kier molecular flexibility index (Phi) is 3.27. The highest BCUT2D eigenvalue weighted by Gasteiger charge is 2.33. The second-order valence-corrected chi connectivity index (χ2v) is 5.17. The van der Waals surface area contributed by atoms with E-state index in [4.69, 9.17) is 5.73 Å². The van der Waals surface area contributed by atoms with E-state index in [-0.39, 0.29) is 11.9 Å². The topological polar surface area (TPSA) is 110 Å². The van der Waals surface area contributed by atoms with Crippen LogP contribution in [0.1, 0.15) is 22.3 Å². The van der Waals surface area contributed by atoms with Crippen molar-refractivity contribution in [2.45, 2.75) is 6.17 Å². The molecule has 8 heteroatoms. The van der Waals surface area contributed by atoms with E-state index in [1.54, 1.807) is 18.6 Å². The molecule has 0 radical (unpaired) electrons. The van der Waals surface area contributed by atoms with Gasteiger partial charge in [-0.05, 0) is 18.2 Å². The van der Waals surface area contributed by atoms with Gasteiger partial charge in [0.05, 0.1) is 17.6 Å².